The van der Waals surface area contributed by atoms with Crippen LogP contribution >= 0.6 is 0 Å². The predicted molar refractivity (Wildman–Crippen MR) is 102 cm³/mol. The van der Waals surface area contributed by atoms with Crippen molar-refractivity contribution in [3.05, 3.63) is 65.7 Å². The minimum atomic E-state index is 0.320. The van der Waals surface area contributed by atoms with E-state index >= 15 is 0 Å². The Hall–Kier alpha value is -2.42. The second kappa shape index (κ2) is 6.83. The highest BCUT2D eigenvalue weighted by molar-refractivity contribution is 5.61. The van der Waals surface area contributed by atoms with Crippen molar-refractivity contribution in [2.24, 2.45) is 5.92 Å². The summed E-state index contributed by atoms with van der Waals surface area (Å²) in [5, 5.41) is 3.77. The molecule has 25 heavy (non-hydrogen) atoms. The first kappa shape index (κ1) is 16.1. The minimum absolute atomic E-state index is 0.320. The Morgan fingerprint density at radius 2 is 1.88 bits per heavy atom. The maximum Gasteiger partial charge on any atom is 0.119 e. The number of methoxy groups -OCH3 is 1. The Bertz CT molecular complexity index is 766. The van der Waals surface area contributed by atoms with Crippen molar-refractivity contribution in [3.8, 4) is 11.5 Å². The monoisotopic (exact) mass is 335 g/mol. The van der Waals surface area contributed by atoms with Crippen LogP contribution in [0.25, 0.3) is 0 Å². The lowest BCUT2D eigenvalue weighted by molar-refractivity contribution is 0.316. The van der Waals surface area contributed by atoms with Gasteiger partial charge in [0.2, 0.25) is 0 Å². The van der Waals surface area contributed by atoms with Crippen molar-refractivity contribution in [3.63, 3.8) is 0 Å². The van der Waals surface area contributed by atoms with Gasteiger partial charge in [0.05, 0.1) is 19.8 Å². The molecule has 1 aliphatic carbocycles. The number of hydrogen-bond donors (Lipinski definition) is 1. The van der Waals surface area contributed by atoms with Crippen LogP contribution in [-0.2, 0) is 0 Å². The van der Waals surface area contributed by atoms with Gasteiger partial charge in [-0.05, 0) is 60.2 Å². The molecule has 3 atom stereocenters. The maximum atomic E-state index is 5.84. The van der Waals surface area contributed by atoms with E-state index in [1.165, 1.54) is 16.8 Å². The summed E-state index contributed by atoms with van der Waals surface area (Å²) in [5.41, 5.74) is 3.89. The molecule has 1 heterocycles. The molecule has 4 rings (SSSR count). The molecule has 1 N–H and O–H groups in total. The zero-order valence-corrected chi connectivity index (χ0v) is 14.9. The molecule has 0 bridgehead atoms. The van der Waals surface area contributed by atoms with E-state index in [1.807, 2.05) is 12.1 Å². The Morgan fingerprint density at radius 1 is 1.08 bits per heavy atom. The fourth-order valence-electron chi connectivity index (χ4n) is 4.02. The van der Waals surface area contributed by atoms with Crippen LogP contribution in [0.2, 0.25) is 0 Å². The SMILES string of the molecule is CCCOc1ccc2c(c1)C1C=CCC1C(c1ccc(OC)cc1)N2. The maximum absolute atomic E-state index is 5.84. The zero-order chi connectivity index (χ0) is 17.2. The molecule has 3 nitrogen and oxygen atoms in total. The number of rotatable bonds is 5. The molecule has 0 fully saturated rings. The zero-order valence-electron chi connectivity index (χ0n) is 14.9. The smallest absolute Gasteiger partial charge is 0.119 e. The molecule has 3 heteroatoms. The molecule has 130 valence electrons. The number of nitrogens with one attached hydrogen (secondary N) is 1. The van der Waals surface area contributed by atoms with Crippen molar-refractivity contribution in [2.45, 2.75) is 31.7 Å². The van der Waals surface area contributed by atoms with Gasteiger partial charge in [0.25, 0.3) is 0 Å². The third-order valence-corrected chi connectivity index (χ3v) is 5.28. The van der Waals surface area contributed by atoms with Crippen LogP contribution < -0.4 is 14.8 Å². The second-order valence-corrected chi connectivity index (χ2v) is 6.85. The summed E-state index contributed by atoms with van der Waals surface area (Å²) < 4.78 is 11.1. The number of hydrogen-bond acceptors (Lipinski definition) is 3. The number of anilines is 1. The largest absolute Gasteiger partial charge is 0.497 e. The van der Waals surface area contributed by atoms with E-state index in [-0.39, 0.29) is 0 Å². The molecule has 2 aromatic rings. The average Bonchev–Trinajstić information content (AvgIpc) is 3.16. The fourth-order valence-corrected chi connectivity index (χ4v) is 4.02. The highest BCUT2D eigenvalue weighted by atomic mass is 16.5. The summed E-state index contributed by atoms with van der Waals surface area (Å²) in [6, 6.07) is 15.2. The molecule has 0 aromatic heterocycles. The number of allylic oxidation sites excluding steroid dienone is 2. The molecule has 1 aliphatic heterocycles. The summed E-state index contributed by atoms with van der Waals surface area (Å²) in [7, 11) is 1.71. The van der Waals surface area contributed by atoms with E-state index in [4.69, 9.17) is 9.47 Å². The lowest BCUT2D eigenvalue weighted by Crippen LogP contribution is -2.29. The molecule has 3 unspecified atom stereocenters. The van der Waals surface area contributed by atoms with Crippen LogP contribution in [0.5, 0.6) is 11.5 Å². The Labute approximate surface area is 149 Å². The van der Waals surface area contributed by atoms with Gasteiger partial charge in [-0.2, -0.15) is 0 Å². The van der Waals surface area contributed by atoms with Gasteiger partial charge in [-0.3, -0.25) is 0 Å². The summed E-state index contributed by atoms with van der Waals surface area (Å²) in [5.74, 6) is 2.87. The molecular weight excluding hydrogens is 310 g/mol. The van der Waals surface area contributed by atoms with Gasteiger partial charge in [-0.15, -0.1) is 0 Å². The van der Waals surface area contributed by atoms with Crippen molar-refractivity contribution < 1.29 is 9.47 Å². The molecule has 0 radical (unpaired) electrons. The highest BCUT2D eigenvalue weighted by Gasteiger charge is 2.38. The highest BCUT2D eigenvalue weighted by Crippen LogP contribution is 2.50. The lowest BCUT2D eigenvalue weighted by atomic mass is 9.77. The van der Waals surface area contributed by atoms with Crippen molar-refractivity contribution in [1.29, 1.82) is 0 Å². The van der Waals surface area contributed by atoms with Crippen molar-refractivity contribution in [2.75, 3.05) is 19.0 Å². The van der Waals surface area contributed by atoms with Crippen LogP contribution in [-0.4, -0.2) is 13.7 Å². The van der Waals surface area contributed by atoms with Crippen molar-refractivity contribution in [1.82, 2.24) is 0 Å². The second-order valence-electron chi connectivity index (χ2n) is 6.85. The third-order valence-electron chi connectivity index (χ3n) is 5.28. The van der Waals surface area contributed by atoms with Crippen LogP contribution in [0.4, 0.5) is 5.69 Å². The summed E-state index contributed by atoms with van der Waals surface area (Å²) in [6.45, 7) is 2.90. The van der Waals surface area contributed by atoms with E-state index in [0.29, 0.717) is 17.9 Å². The van der Waals surface area contributed by atoms with E-state index in [2.05, 4.69) is 54.7 Å². The van der Waals surface area contributed by atoms with Crippen LogP contribution in [0.3, 0.4) is 0 Å². The minimum Gasteiger partial charge on any atom is -0.497 e. The topological polar surface area (TPSA) is 30.5 Å². The summed E-state index contributed by atoms with van der Waals surface area (Å²) >= 11 is 0. The molecule has 0 saturated heterocycles. The molecule has 0 amide bonds. The number of fused-ring (bicyclic) bond motifs is 3. The summed E-state index contributed by atoms with van der Waals surface area (Å²) in [4.78, 5) is 0. The normalized spacial score (nSPS) is 23.5. The standard InChI is InChI=1S/C22H25NO2/c1-3-13-25-17-11-12-21-20(14-17)18-5-4-6-19(18)22(23-21)15-7-9-16(24-2)10-8-15/h4-5,7-12,14,18-19,22-23H,3,6,13H2,1-2H3. The van der Waals surface area contributed by atoms with Crippen molar-refractivity contribution >= 4 is 5.69 Å². The molecule has 2 aliphatic rings. The van der Waals surface area contributed by atoms with Gasteiger partial charge in [-0.1, -0.05) is 31.2 Å². The van der Waals surface area contributed by atoms with Gasteiger partial charge in [-0.25, -0.2) is 0 Å². The fraction of sp³-hybridized carbons (Fsp3) is 0.364. The van der Waals surface area contributed by atoms with Crippen LogP contribution in [0, 0.1) is 5.92 Å². The molecule has 2 aromatic carbocycles. The Balaban J connectivity index is 1.65. The first-order valence-electron chi connectivity index (χ1n) is 9.14. The van der Waals surface area contributed by atoms with Crippen LogP contribution in [0.1, 0.15) is 42.9 Å². The molecule has 0 spiro atoms. The quantitative estimate of drug-likeness (QED) is 0.751. The predicted octanol–water partition coefficient (Wildman–Crippen LogP) is 5.31. The first-order chi connectivity index (χ1) is 12.3. The Kier molecular flexibility index (Phi) is 4.39. The van der Waals surface area contributed by atoms with E-state index in [1.54, 1.807) is 7.11 Å². The Morgan fingerprint density at radius 3 is 2.64 bits per heavy atom. The number of benzene rings is 2. The molecular formula is C22H25NO2. The molecule has 0 saturated carbocycles. The van der Waals surface area contributed by atoms with Gasteiger partial charge < -0.3 is 14.8 Å². The van der Waals surface area contributed by atoms with Gasteiger partial charge >= 0.3 is 0 Å². The van der Waals surface area contributed by atoms with E-state index in [0.717, 1.165) is 30.9 Å². The van der Waals surface area contributed by atoms with Gasteiger partial charge in [0.15, 0.2) is 0 Å². The van der Waals surface area contributed by atoms with Crippen LogP contribution in [0.15, 0.2) is 54.6 Å². The average molecular weight is 335 g/mol. The first-order valence-corrected chi connectivity index (χ1v) is 9.14. The summed E-state index contributed by atoms with van der Waals surface area (Å²) in [6.07, 6.45) is 6.82. The van der Waals surface area contributed by atoms with Gasteiger partial charge in [0, 0.05) is 11.6 Å². The number of ether oxygens (including phenoxy) is 2. The third kappa shape index (κ3) is 2.99. The van der Waals surface area contributed by atoms with E-state index in [9.17, 15) is 0 Å². The lowest BCUT2D eigenvalue weighted by Gasteiger charge is -2.37. The van der Waals surface area contributed by atoms with Gasteiger partial charge in [0.1, 0.15) is 11.5 Å². The van der Waals surface area contributed by atoms with E-state index < -0.39 is 0 Å².